The Morgan fingerprint density at radius 1 is 1.48 bits per heavy atom. The second-order valence-corrected chi connectivity index (χ2v) is 6.91. The van der Waals surface area contributed by atoms with Crippen LogP contribution in [0.2, 0.25) is 0 Å². The van der Waals surface area contributed by atoms with Crippen molar-refractivity contribution in [2.24, 2.45) is 5.92 Å². The molecule has 1 aromatic rings. The van der Waals surface area contributed by atoms with Gasteiger partial charge in [-0.05, 0) is 60.3 Å². The van der Waals surface area contributed by atoms with E-state index in [1.54, 1.807) is 0 Å². The quantitative estimate of drug-likeness (QED) is 0.855. The van der Waals surface area contributed by atoms with Crippen LogP contribution in [0, 0.1) is 5.92 Å². The average Bonchev–Trinajstić information content (AvgIpc) is 3.25. The number of likely N-dealkylation sites (N-methyl/N-ethyl adjacent to an activating group) is 1. The molecule has 2 aliphatic rings. The van der Waals surface area contributed by atoms with E-state index in [9.17, 15) is 4.79 Å². The molecule has 1 fully saturated rings. The first kappa shape index (κ1) is 14.9. The highest BCUT2D eigenvalue weighted by molar-refractivity contribution is 9.10. The molecule has 3 rings (SSSR count). The molecule has 1 saturated carbocycles. The van der Waals surface area contributed by atoms with Gasteiger partial charge in [-0.25, -0.2) is 0 Å². The van der Waals surface area contributed by atoms with Gasteiger partial charge in [0.1, 0.15) is 6.04 Å². The Morgan fingerprint density at radius 2 is 2.19 bits per heavy atom. The van der Waals surface area contributed by atoms with Gasteiger partial charge in [-0.15, -0.1) is 0 Å². The van der Waals surface area contributed by atoms with E-state index >= 15 is 0 Å². The standard InChI is InChI=1S/C16H22BrN3O/c1-4-18-15-11-7-12(17)14(8-13(11)19-16(15)21)20(3)9(2)10-5-6-10/h7-10,15,18H,4-6H2,1-3H3,(H,19,21). The lowest BCUT2D eigenvalue weighted by Gasteiger charge is -2.28. The summed E-state index contributed by atoms with van der Waals surface area (Å²) in [6.45, 7) is 5.06. The molecule has 0 aromatic heterocycles. The van der Waals surface area contributed by atoms with Crippen molar-refractivity contribution in [1.82, 2.24) is 5.32 Å². The first-order valence-corrected chi connectivity index (χ1v) is 8.42. The summed E-state index contributed by atoms with van der Waals surface area (Å²) in [5.74, 6) is 0.841. The molecule has 0 radical (unpaired) electrons. The Morgan fingerprint density at radius 3 is 2.81 bits per heavy atom. The fraction of sp³-hybridized carbons (Fsp3) is 0.562. The van der Waals surface area contributed by atoms with Gasteiger partial charge in [0.25, 0.3) is 0 Å². The van der Waals surface area contributed by atoms with Crippen LogP contribution in [0.15, 0.2) is 16.6 Å². The van der Waals surface area contributed by atoms with Crippen LogP contribution >= 0.6 is 15.9 Å². The lowest BCUT2D eigenvalue weighted by atomic mass is 10.1. The molecule has 4 nitrogen and oxygen atoms in total. The lowest BCUT2D eigenvalue weighted by molar-refractivity contribution is -0.117. The van der Waals surface area contributed by atoms with Crippen molar-refractivity contribution in [2.75, 3.05) is 23.8 Å². The van der Waals surface area contributed by atoms with Crippen LogP contribution in [-0.4, -0.2) is 25.5 Å². The monoisotopic (exact) mass is 351 g/mol. The lowest BCUT2D eigenvalue weighted by Crippen LogP contribution is -2.30. The Bertz CT molecular complexity index is 571. The number of fused-ring (bicyclic) bond motifs is 1. The molecule has 0 bridgehead atoms. The summed E-state index contributed by atoms with van der Waals surface area (Å²) >= 11 is 3.68. The topological polar surface area (TPSA) is 44.4 Å². The molecule has 1 heterocycles. The zero-order valence-corrected chi connectivity index (χ0v) is 14.3. The highest BCUT2D eigenvalue weighted by atomic mass is 79.9. The summed E-state index contributed by atoms with van der Waals surface area (Å²) in [6, 6.07) is 4.46. The molecule has 2 N–H and O–H groups in total. The maximum Gasteiger partial charge on any atom is 0.246 e. The van der Waals surface area contributed by atoms with E-state index in [0.717, 1.165) is 33.9 Å². The number of nitrogens with one attached hydrogen (secondary N) is 2. The van der Waals surface area contributed by atoms with Crippen molar-refractivity contribution in [3.63, 3.8) is 0 Å². The summed E-state index contributed by atoms with van der Waals surface area (Å²) in [4.78, 5) is 14.4. The largest absolute Gasteiger partial charge is 0.371 e. The first-order chi connectivity index (χ1) is 10.0. The van der Waals surface area contributed by atoms with E-state index in [2.05, 4.69) is 57.6 Å². The number of nitrogens with zero attached hydrogens (tertiary/aromatic N) is 1. The van der Waals surface area contributed by atoms with Crippen molar-refractivity contribution in [3.8, 4) is 0 Å². The maximum absolute atomic E-state index is 12.1. The number of anilines is 2. The predicted octanol–water partition coefficient (Wildman–Crippen LogP) is 3.29. The molecular weight excluding hydrogens is 330 g/mol. The Kier molecular flexibility index (Phi) is 3.97. The molecule has 114 valence electrons. The zero-order valence-electron chi connectivity index (χ0n) is 12.7. The Labute approximate surface area is 134 Å². The van der Waals surface area contributed by atoms with Crippen LogP contribution in [0.25, 0.3) is 0 Å². The van der Waals surface area contributed by atoms with Crippen LogP contribution in [0.4, 0.5) is 11.4 Å². The van der Waals surface area contributed by atoms with Gasteiger partial charge < -0.3 is 15.5 Å². The smallest absolute Gasteiger partial charge is 0.246 e. The predicted molar refractivity (Wildman–Crippen MR) is 89.8 cm³/mol. The zero-order chi connectivity index (χ0) is 15.1. The number of halogens is 1. The molecule has 5 heteroatoms. The number of carbonyl (C=O) groups is 1. The molecule has 0 saturated heterocycles. The summed E-state index contributed by atoms with van der Waals surface area (Å²) in [5.41, 5.74) is 3.11. The van der Waals surface area contributed by atoms with Crippen molar-refractivity contribution >= 4 is 33.2 Å². The molecule has 2 unspecified atom stereocenters. The highest BCUT2D eigenvalue weighted by Gasteiger charge is 2.34. The van der Waals surface area contributed by atoms with E-state index < -0.39 is 0 Å². The van der Waals surface area contributed by atoms with Gasteiger partial charge in [-0.3, -0.25) is 4.79 Å². The number of benzene rings is 1. The van der Waals surface area contributed by atoms with Crippen molar-refractivity contribution in [2.45, 2.75) is 38.8 Å². The summed E-state index contributed by atoms with van der Waals surface area (Å²) in [5, 5.41) is 6.22. The Hall–Kier alpha value is -1.07. The van der Waals surface area contributed by atoms with Gasteiger partial charge >= 0.3 is 0 Å². The number of amides is 1. The van der Waals surface area contributed by atoms with E-state index in [0.29, 0.717) is 6.04 Å². The third-order valence-corrected chi connectivity index (χ3v) is 5.29. The van der Waals surface area contributed by atoms with Gasteiger partial charge in [-0.1, -0.05) is 6.92 Å². The third kappa shape index (κ3) is 2.69. The van der Waals surface area contributed by atoms with Crippen LogP contribution < -0.4 is 15.5 Å². The van der Waals surface area contributed by atoms with Crippen LogP contribution in [0.1, 0.15) is 38.3 Å². The van der Waals surface area contributed by atoms with Gasteiger partial charge in [0.15, 0.2) is 0 Å². The average molecular weight is 352 g/mol. The molecule has 1 aliphatic heterocycles. The van der Waals surface area contributed by atoms with Crippen molar-refractivity contribution in [3.05, 3.63) is 22.2 Å². The van der Waals surface area contributed by atoms with Crippen LogP contribution in [-0.2, 0) is 4.79 Å². The molecule has 2 atom stereocenters. The van der Waals surface area contributed by atoms with Crippen LogP contribution in [0.5, 0.6) is 0 Å². The van der Waals surface area contributed by atoms with Gasteiger partial charge in [0.2, 0.25) is 5.91 Å². The van der Waals surface area contributed by atoms with Crippen molar-refractivity contribution < 1.29 is 4.79 Å². The number of carbonyl (C=O) groups excluding carboxylic acids is 1. The number of hydrogen-bond acceptors (Lipinski definition) is 3. The SMILES string of the molecule is CCNC1C(=O)Nc2cc(N(C)C(C)C3CC3)c(Br)cc21. The second kappa shape index (κ2) is 5.61. The van der Waals surface area contributed by atoms with E-state index in [4.69, 9.17) is 0 Å². The highest BCUT2D eigenvalue weighted by Crippen LogP contribution is 2.42. The van der Waals surface area contributed by atoms with Gasteiger partial charge in [-0.2, -0.15) is 0 Å². The Balaban J connectivity index is 1.91. The minimum absolute atomic E-state index is 0.0359. The third-order valence-electron chi connectivity index (χ3n) is 4.65. The fourth-order valence-electron chi connectivity index (χ4n) is 3.06. The van der Waals surface area contributed by atoms with E-state index in [1.165, 1.54) is 12.8 Å². The molecule has 1 aliphatic carbocycles. The molecule has 1 amide bonds. The minimum atomic E-state index is -0.235. The first-order valence-electron chi connectivity index (χ1n) is 7.63. The van der Waals surface area contributed by atoms with Gasteiger partial charge in [0, 0.05) is 28.8 Å². The maximum atomic E-state index is 12.1. The molecule has 21 heavy (non-hydrogen) atoms. The van der Waals surface area contributed by atoms with E-state index in [1.807, 2.05) is 6.92 Å². The summed E-state index contributed by atoms with van der Waals surface area (Å²) in [6.07, 6.45) is 2.65. The molecular formula is C16H22BrN3O. The molecule has 1 aromatic carbocycles. The van der Waals surface area contributed by atoms with Crippen molar-refractivity contribution in [1.29, 1.82) is 0 Å². The summed E-state index contributed by atoms with van der Waals surface area (Å²) < 4.78 is 1.05. The molecule has 0 spiro atoms. The van der Waals surface area contributed by atoms with Gasteiger partial charge in [0.05, 0.1) is 5.69 Å². The number of rotatable bonds is 5. The summed E-state index contributed by atoms with van der Waals surface area (Å²) in [7, 11) is 2.13. The minimum Gasteiger partial charge on any atom is -0.371 e. The second-order valence-electron chi connectivity index (χ2n) is 6.06. The van der Waals surface area contributed by atoms with Crippen LogP contribution in [0.3, 0.4) is 0 Å². The normalized spacial score (nSPS) is 21.9. The fourth-order valence-corrected chi connectivity index (χ4v) is 3.70. The van der Waals surface area contributed by atoms with E-state index in [-0.39, 0.29) is 11.9 Å². The number of hydrogen-bond donors (Lipinski definition) is 2.